The van der Waals surface area contributed by atoms with Crippen molar-refractivity contribution in [2.45, 2.75) is 20.0 Å². The van der Waals surface area contributed by atoms with Crippen LogP contribution in [0.4, 0.5) is 0 Å². The molecule has 144 valence electrons. The second kappa shape index (κ2) is 9.39. The number of hydrazine groups is 1. The molecule has 0 bridgehead atoms. The molecule has 28 heavy (non-hydrogen) atoms. The average Bonchev–Trinajstić information content (AvgIpc) is 3.20. The van der Waals surface area contributed by atoms with Crippen LogP contribution in [-0.2, 0) is 17.8 Å². The zero-order chi connectivity index (χ0) is 19.9. The Kier molecular flexibility index (Phi) is 6.68. The Morgan fingerprint density at radius 2 is 1.82 bits per heavy atom. The summed E-state index contributed by atoms with van der Waals surface area (Å²) in [5, 5.41) is 4.50. The molecule has 7 heteroatoms. The van der Waals surface area contributed by atoms with Gasteiger partial charge in [-0.2, -0.15) is 11.3 Å². The van der Waals surface area contributed by atoms with Gasteiger partial charge in [-0.3, -0.25) is 20.4 Å². The van der Waals surface area contributed by atoms with Crippen molar-refractivity contribution in [2.24, 2.45) is 0 Å². The normalized spacial score (nSPS) is 10.4. The zero-order valence-corrected chi connectivity index (χ0v) is 16.8. The highest BCUT2D eigenvalue weighted by atomic mass is 35.5. The lowest BCUT2D eigenvalue weighted by molar-refractivity contribution is -0.121. The van der Waals surface area contributed by atoms with Gasteiger partial charge in [0.25, 0.3) is 5.91 Å². The minimum absolute atomic E-state index is 0.226. The Morgan fingerprint density at radius 1 is 1.04 bits per heavy atom. The number of ether oxygens (including phenoxy) is 1. The van der Waals surface area contributed by atoms with Crippen LogP contribution in [0.5, 0.6) is 5.75 Å². The number of benzene rings is 2. The summed E-state index contributed by atoms with van der Waals surface area (Å²) in [5.41, 5.74) is 8.08. The summed E-state index contributed by atoms with van der Waals surface area (Å²) >= 11 is 7.53. The first kappa shape index (κ1) is 19.9. The third-order valence-electron chi connectivity index (χ3n) is 4.01. The number of hydrogen-bond acceptors (Lipinski definition) is 4. The number of hydrogen-bond donors (Lipinski definition) is 2. The van der Waals surface area contributed by atoms with Crippen LogP contribution in [0, 0.1) is 6.92 Å². The fraction of sp³-hybridized carbons (Fsp3) is 0.143. The molecule has 0 aliphatic heterocycles. The highest BCUT2D eigenvalue weighted by molar-refractivity contribution is 7.08. The number of nitrogens with one attached hydrogen (secondary N) is 2. The lowest BCUT2D eigenvalue weighted by Crippen LogP contribution is -2.42. The summed E-state index contributed by atoms with van der Waals surface area (Å²) in [7, 11) is 0. The maximum absolute atomic E-state index is 12.1. The van der Waals surface area contributed by atoms with Crippen molar-refractivity contribution in [1.82, 2.24) is 10.9 Å². The molecule has 0 saturated heterocycles. The summed E-state index contributed by atoms with van der Waals surface area (Å²) in [4.78, 5) is 24.0. The molecule has 1 heterocycles. The van der Waals surface area contributed by atoms with Crippen molar-refractivity contribution in [2.75, 3.05) is 0 Å². The lowest BCUT2D eigenvalue weighted by Gasteiger charge is -2.09. The predicted molar refractivity (Wildman–Crippen MR) is 111 cm³/mol. The molecular formula is C21H19ClN2O3S. The molecular weight excluding hydrogens is 396 g/mol. The first-order valence-electron chi connectivity index (χ1n) is 8.59. The Hall–Kier alpha value is -2.83. The minimum Gasteiger partial charge on any atom is -0.489 e. The molecule has 0 radical (unpaired) electrons. The minimum atomic E-state index is -0.375. The van der Waals surface area contributed by atoms with Crippen molar-refractivity contribution in [3.05, 3.63) is 86.6 Å². The third-order valence-corrected chi connectivity index (χ3v) is 5.17. The topological polar surface area (TPSA) is 67.4 Å². The predicted octanol–water partition coefficient (Wildman–Crippen LogP) is 4.29. The average molecular weight is 415 g/mol. The van der Waals surface area contributed by atoms with E-state index in [1.165, 1.54) is 11.3 Å². The Balaban J connectivity index is 1.48. The highest BCUT2D eigenvalue weighted by Gasteiger charge is 2.08. The molecule has 2 aromatic carbocycles. The zero-order valence-electron chi connectivity index (χ0n) is 15.2. The van der Waals surface area contributed by atoms with E-state index < -0.39 is 0 Å². The molecule has 2 N–H and O–H groups in total. The van der Waals surface area contributed by atoms with Gasteiger partial charge in [-0.15, -0.1) is 0 Å². The van der Waals surface area contributed by atoms with Crippen LogP contribution in [0.15, 0.2) is 59.3 Å². The van der Waals surface area contributed by atoms with Crippen LogP contribution in [-0.4, -0.2) is 11.8 Å². The maximum Gasteiger partial charge on any atom is 0.269 e. The number of aryl methyl sites for hydroxylation is 1. The molecule has 0 saturated carbocycles. The van der Waals surface area contributed by atoms with Crippen LogP contribution in [0.25, 0.3) is 0 Å². The van der Waals surface area contributed by atoms with E-state index in [1.807, 2.05) is 48.0 Å². The molecule has 5 nitrogen and oxygen atoms in total. The molecule has 0 atom stereocenters. The van der Waals surface area contributed by atoms with Crippen LogP contribution >= 0.6 is 22.9 Å². The summed E-state index contributed by atoms with van der Waals surface area (Å²) < 4.78 is 5.74. The van der Waals surface area contributed by atoms with Crippen LogP contribution < -0.4 is 15.6 Å². The Morgan fingerprint density at radius 3 is 2.50 bits per heavy atom. The molecule has 1 aromatic heterocycles. The first-order chi connectivity index (χ1) is 13.5. The summed E-state index contributed by atoms with van der Waals surface area (Å²) in [5.74, 6) is 0.0894. The van der Waals surface area contributed by atoms with Gasteiger partial charge < -0.3 is 4.74 Å². The molecule has 0 aliphatic rings. The monoisotopic (exact) mass is 414 g/mol. The Labute approximate surface area is 172 Å². The summed E-state index contributed by atoms with van der Waals surface area (Å²) in [6.07, 6.45) is 0.226. The molecule has 0 fully saturated rings. The van der Waals surface area contributed by atoms with E-state index in [2.05, 4.69) is 10.9 Å². The molecule has 2 amide bonds. The van der Waals surface area contributed by atoms with Gasteiger partial charge in [-0.05, 0) is 70.8 Å². The molecule has 0 unspecified atom stereocenters. The van der Waals surface area contributed by atoms with Gasteiger partial charge in [0.2, 0.25) is 5.91 Å². The smallest absolute Gasteiger partial charge is 0.269 e. The van der Waals surface area contributed by atoms with Gasteiger partial charge in [-0.25, -0.2) is 0 Å². The summed E-state index contributed by atoms with van der Waals surface area (Å²) in [6.45, 7) is 2.29. The second-order valence-electron chi connectivity index (χ2n) is 6.21. The quantitative estimate of drug-likeness (QED) is 0.591. The largest absolute Gasteiger partial charge is 0.489 e. The SMILES string of the molecule is Cc1cc(OCc2ccc(C(=O)NNC(=O)Cc3ccsc3)cc2)ccc1Cl. The van der Waals surface area contributed by atoms with Gasteiger partial charge in [0.05, 0.1) is 6.42 Å². The maximum atomic E-state index is 12.1. The summed E-state index contributed by atoms with van der Waals surface area (Å²) in [6, 6.07) is 14.4. The van der Waals surface area contributed by atoms with E-state index in [9.17, 15) is 9.59 Å². The molecule has 0 aliphatic carbocycles. The standard InChI is InChI=1S/C21H19ClN2O3S/c1-14-10-18(6-7-19(14)22)27-12-15-2-4-17(5-3-15)21(26)24-23-20(25)11-16-8-9-28-13-16/h2-10,13H,11-12H2,1H3,(H,23,25)(H,24,26). The highest BCUT2D eigenvalue weighted by Crippen LogP contribution is 2.21. The number of rotatable bonds is 6. The van der Waals surface area contributed by atoms with Crippen molar-refractivity contribution in [3.63, 3.8) is 0 Å². The van der Waals surface area contributed by atoms with Crippen molar-refractivity contribution in [1.29, 1.82) is 0 Å². The van der Waals surface area contributed by atoms with E-state index in [1.54, 1.807) is 18.2 Å². The van der Waals surface area contributed by atoms with Crippen molar-refractivity contribution in [3.8, 4) is 5.75 Å². The number of carbonyl (C=O) groups is 2. The van der Waals surface area contributed by atoms with Gasteiger partial charge in [0.1, 0.15) is 12.4 Å². The van der Waals surface area contributed by atoms with Gasteiger partial charge in [0.15, 0.2) is 0 Å². The van der Waals surface area contributed by atoms with Crippen LogP contribution in [0.2, 0.25) is 5.02 Å². The van der Waals surface area contributed by atoms with Gasteiger partial charge >= 0.3 is 0 Å². The van der Waals surface area contributed by atoms with E-state index in [4.69, 9.17) is 16.3 Å². The van der Waals surface area contributed by atoms with E-state index in [0.29, 0.717) is 17.2 Å². The third kappa shape index (κ3) is 5.58. The lowest BCUT2D eigenvalue weighted by atomic mass is 10.1. The Bertz CT molecular complexity index is 956. The van der Waals surface area contributed by atoms with Crippen molar-refractivity contribution < 1.29 is 14.3 Å². The van der Waals surface area contributed by atoms with E-state index in [0.717, 1.165) is 22.4 Å². The fourth-order valence-electron chi connectivity index (χ4n) is 2.45. The van der Waals surface area contributed by atoms with E-state index in [-0.39, 0.29) is 18.2 Å². The van der Waals surface area contributed by atoms with E-state index >= 15 is 0 Å². The van der Waals surface area contributed by atoms with Crippen LogP contribution in [0.1, 0.15) is 27.0 Å². The van der Waals surface area contributed by atoms with Crippen molar-refractivity contribution >= 4 is 34.8 Å². The van der Waals surface area contributed by atoms with Gasteiger partial charge in [0, 0.05) is 10.6 Å². The first-order valence-corrected chi connectivity index (χ1v) is 9.91. The van der Waals surface area contributed by atoms with Gasteiger partial charge in [-0.1, -0.05) is 23.7 Å². The molecule has 3 aromatic rings. The second-order valence-corrected chi connectivity index (χ2v) is 7.39. The molecule has 3 rings (SSSR count). The number of thiophene rings is 1. The number of carbonyl (C=O) groups excluding carboxylic acids is 2. The number of amides is 2. The van der Waals surface area contributed by atoms with Crippen LogP contribution in [0.3, 0.4) is 0 Å². The molecule has 0 spiro atoms. The number of halogens is 1. The fourth-order valence-corrected chi connectivity index (χ4v) is 3.23.